The van der Waals surface area contributed by atoms with Crippen molar-refractivity contribution in [2.24, 2.45) is 0 Å². The van der Waals surface area contributed by atoms with Crippen molar-refractivity contribution in [3.63, 3.8) is 0 Å². The molecule has 116 valence electrons. The number of methoxy groups -OCH3 is 1. The Bertz CT molecular complexity index is 739. The number of H-pyrrole nitrogens is 1. The van der Waals surface area contributed by atoms with Crippen LogP contribution in [-0.2, 0) is 6.18 Å². The number of pyridine rings is 2. The minimum absolute atomic E-state index is 0.0317. The number of alkyl halides is 3. The Morgan fingerprint density at radius 2 is 2.09 bits per heavy atom. The molecule has 0 saturated heterocycles. The molecule has 0 aliphatic heterocycles. The Kier molecular flexibility index (Phi) is 4.15. The normalized spacial score (nSPS) is 11.1. The van der Waals surface area contributed by atoms with E-state index in [0.717, 1.165) is 18.2 Å². The van der Waals surface area contributed by atoms with E-state index in [1.807, 2.05) is 0 Å². The summed E-state index contributed by atoms with van der Waals surface area (Å²) in [5.74, 6) is -0.758. The predicted octanol–water partition coefficient (Wildman–Crippen LogP) is 2.05. The average molecular weight is 313 g/mol. The molecule has 1 amide bonds. The topological polar surface area (TPSA) is 84.1 Å². The Morgan fingerprint density at radius 3 is 2.59 bits per heavy atom. The van der Waals surface area contributed by atoms with Gasteiger partial charge in [-0.05, 0) is 12.1 Å². The number of rotatable bonds is 3. The van der Waals surface area contributed by atoms with E-state index in [0.29, 0.717) is 6.20 Å². The maximum absolute atomic E-state index is 12.4. The van der Waals surface area contributed by atoms with Crippen LogP contribution in [0.25, 0.3) is 0 Å². The average Bonchev–Trinajstić information content (AvgIpc) is 2.46. The number of halogens is 3. The van der Waals surface area contributed by atoms with Crippen molar-refractivity contribution in [3.05, 3.63) is 52.1 Å². The van der Waals surface area contributed by atoms with E-state index in [4.69, 9.17) is 4.74 Å². The summed E-state index contributed by atoms with van der Waals surface area (Å²) in [5.41, 5.74) is -1.51. The largest absolute Gasteiger partial charge is 0.491 e. The van der Waals surface area contributed by atoms with Crippen molar-refractivity contribution in [2.75, 3.05) is 12.4 Å². The number of nitrogens with zero attached hydrogens (tertiary/aromatic N) is 1. The molecule has 0 saturated carbocycles. The van der Waals surface area contributed by atoms with Gasteiger partial charge in [0.15, 0.2) is 5.75 Å². The van der Waals surface area contributed by atoms with Crippen molar-refractivity contribution in [1.29, 1.82) is 0 Å². The number of amides is 1. The lowest BCUT2D eigenvalue weighted by Gasteiger charge is -2.08. The molecule has 0 bridgehead atoms. The number of ether oxygens (including phenoxy) is 1. The standard InChI is InChI=1S/C13H10F3N3O3/c1-22-10-6-17-8(4-9(10)20)12(21)19-11-3-2-7(5-18-11)13(14,15)16/h2-6H,1H3,(H,17,20)(H,18,19,21). The molecular weight excluding hydrogens is 303 g/mol. The van der Waals surface area contributed by atoms with Gasteiger partial charge < -0.3 is 15.0 Å². The molecule has 0 unspecified atom stereocenters. The molecule has 2 heterocycles. The maximum atomic E-state index is 12.4. The number of nitrogens with one attached hydrogen (secondary N) is 2. The van der Waals surface area contributed by atoms with E-state index in [9.17, 15) is 22.8 Å². The molecule has 0 aliphatic carbocycles. The van der Waals surface area contributed by atoms with Gasteiger partial charge in [-0.15, -0.1) is 0 Å². The molecule has 0 atom stereocenters. The minimum atomic E-state index is -4.50. The second-order valence-corrected chi connectivity index (χ2v) is 4.16. The summed E-state index contributed by atoms with van der Waals surface area (Å²) in [4.78, 5) is 29.4. The second-order valence-electron chi connectivity index (χ2n) is 4.16. The first-order chi connectivity index (χ1) is 10.3. The zero-order valence-corrected chi connectivity index (χ0v) is 11.2. The number of hydrogen-bond donors (Lipinski definition) is 2. The van der Waals surface area contributed by atoms with E-state index in [2.05, 4.69) is 15.3 Å². The Morgan fingerprint density at radius 1 is 1.36 bits per heavy atom. The highest BCUT2D eigenvalue weighted by Crippen LogP contribution is 2.28. The zero-order valence-electron chi connectivity index (χ0n) is 11.2. The molecule has 2 aromatic heterocycles. The van der Waals surface area contributed by atoms with Crippen LogP contribution in [-0.4, -0.2) is 23.0 Å². The van der Waals surface area contributed by atoms with Gasteiger partial charge in [-0.1, -0.05) is 0 Å². The quantitative estimate of drug-likeness (QED) is 0.908. The van der Waals surface area contributed by atoms with Crippen LogP contribution in [0.3, 0.4) is 0 Å². The predicted molar refractivity (Wildman–Crippen MR) is 70.8 cm³/mol. The number of aromatic amines is 1. The third-order valence-corrected chi connectivity index (χ3v) is 2.67. The van der Waals surface area contributed by atoms with Gasteiger partial charge in [-0.2, -0.15) is 13.2 Å². The van der Waals surface area contributed by atoms with Gasteiger partial charge in [0.1, 0.15) is 11.5 Å². The van der Waals surface area contributed by atoms with E-state index in [1.54, 1.807) is 0 Å². The smallest absolute Gasteiger partial charge is 0.417 e. The van der Waals surface area contributed by atoms with Gasteiger partial charge in [0.05, 0.1) is 12.7 Å². The second kappa shape index (κ2) is 5.88. The molecule has 2 N–H and O–H groups in total. The zero-order chi connectivity index (χ0) is 16.3. The first kappa shape index (κ1) is 15.5. The third kappa shape index (κ3) is 3.43. The molecule has 9 heteroatoms. The number of carbonyl (C=O) groups excluding carboxylic acids is 1. The molecule has 6 nitrogen and oxygen atoms in total. The highest BCUT2D eigenvalue weighted by Gasteiger charge is 2.30. The van der Waals surface area contributed by atoms with Crippen LogP contribution in [0, 0.1) is 0 Å². The van der Waals surface area contributed by atoms with Crippen LogP contribution in [0.4, 0.5) is 19.0 Å². The number of aromatic nitrogens is 2. The van der Waals surface area contributed by atoms with Crippen LogP contribution < -0.4 is 15.5 Å². The van der Waals surface area contributed by atoms with Crippen molar-refractivity contribution in [1.82, 2.24) is 9.97 Å². The molecule has 0 fully saturated rings. The Hall–Kier alpha value is -2.84. The highest BCUT2D eigenvalue weighted by atomic mass is 19.4. The lowest BCUT2D eigenvalue weighted by atomic mass is 10.2. The fraction of sp³-hybridized carbons (Fsp3) is 0.154. The molecule has 2 aromatic rings. The van der Waals surface area contributed by atoms with E-state index < -0.39 is 23.1 Å². The fourth-order valence-electron chi connectivity index (χ4n) is 1.57. The SMILES string of the molecule is COc1c[nH]c(C(=O)Nc2ccc(C(F)(F)F)cn2)cc1=O. The summed E-state index contributed by atoms with van der Waals surface area (Å²) in [6.07, 6.45) is -2.69. The summed E-state index contributed by atoms with van der Waals surface area (Å²) in [6, 6.07) is 2.82. The van der Waals surface area contributed by atoms with Crippen LogP contribution >= 0.6 is 0 Å². The van der Waals surface area contributed by atoms with Gasteiger partial charge in [-0.25, -0.2) is 4.98 Å². The summed E-state index contributed by atoms with van der Waals surface area (Å²) < 4.78 is 41.9. The van der Waals surface area contributed by atoms with Crippen LogP contribution in [0.5, 0.6) is 5.75 Å². The van der Waals surface area contributed by atoms with E-state index >= 15 is 0 Å². The fourth-order valence-corrected chi connectivity index (χ4v) is 1.57. The number of anilines is 1. The first-order valence-corrected chi connectivity index (χ1v) is 5.92. The highest BCUT2D eigenvalue weighted by molar-refractivity contribution is 6.02. The monoisotopic (exact) mass is 313 g/mol. The van der Waals surface area contributed by atoms with E-state index in [1.165, 1.54) is 13.3 Å². The minimum Gasteiger partial charge on any atom is -0.491 e. The van der Waals surface area contributed by atoms with Crippen molar-refractivity contribution >= 4 is 11.7 Å². The number of carbonyl (C=O) groups is 1. The molecule has 0 aromatic carbocycles. The maximum Gasteiger partial charge on any atom is 0.417 e. The van der Waals surface area contributed by atoms with Crippen molar-refractivity contribution < 1.29 is 22.7 Å². The molecule has 0 radical (unpaired) electrons. The van der Waals surface area contributed by atoms with Gasteiger partial charge in [0, 0.05) is 18.5 Å². The van der Waals surface area contributed by atoms with Gasteiger partial charge in [0.2, 0.25) is 5.43 Å². The van der Waals surface area contributed by atoms with Gasteiger partial charge in [0.25, 0.3) is 5.91 Å². The summed E-state index contributed by atoms with van der Waals surface area (Å²) in [7, 11) is 1.30. The van der Waals surface area contributed by atoms with Crippen molar-refractivity contribution in [2.45, 2.75) is 6.18 Å². The lowest BCUT2D eigenvalue weighted by molar-refractivity contribution is -0.137. The molecule has 0 aliphatic rings. The number of hydrogen-bond acceptors (Lipinski definition) is 4. The van der Waals surface area contributed by atoms with Crippen LogP contribution in [0.1, 0.15) is 16.1 Å². The van der Waals surface area contributed by atoms with E-state index in [-0.39, 0.29) is 17.3 Å². The van der Waals surface area contributed by atoms with Crippen LogP contribution in [0.2, 0.25) is 0 Å². The van der Waals surface area contributed by atoms with Gasteiger partial charge in [-0.3, -0.25) is 9.59 Å². The first-order valence-electron chi connectivity index (χ1n) is 5.92. The molecule has 22 heavy (non-hydrogen) atoms. The summed E-state index contributed by atoms with van der Waals surface area (Å²) in [6.45, 7) is 0. The molecule has 2 rings (SSSR count). The van der Waals surface area contributed by atoms with Gasteiger partial charge >= 0.3 is 6.18 Å². The Labute approximate surface area is 122 Å². The Balaban J connectivity index is 2.15. The van der Waals surface area contributed by atoms with Crippen molar-refractivity contribution in [3.8, 4) is 5.75 Å². The lowest BCUT2D eigenvalue weighted by Crippen LogP contribution is -2.18. The molecule has 0 spiro atoms. The molecular formula is C13H10F3N3O3. The summed E-state index contributed by atoms with van der Waals surface area (Å²) in [5, 5.41) is 2.27. The van der Waals surface area contributed by atoms with Crippen LogP contribution in [0.15, 0.2) is 35.4 Å². The third-order valence-electron chi connectivity index (χ3n) is 2.67. The summed E-state index contributed by atoms with van der Waals surface area (Å²) >= 11 is 0.